The highest BCUT2D eigenvalue weighted by molar-refractivity contribution is 7.91. The highest BCUT2D eigenvalue weighted by atomic mass is 32.2. The molecule has 196 valence electrons. The van der Waals surface area contributed by atoms with Gasteiger partial charge in [-0.15, -0.1) is 0 Å². The van der Waals surface area contributed by atoms with Gasteiger partial charge in [0.15, 0.2) is 5.60 Å². The summed E-state index contributed by atoms with van der Waals surface area (Å²) in [7, 11) is 3.76. The van der Waals surface area contributed by atoms with E-state index in [4.69, 9.17) is 9.84 Å². The first-order valence-corrected chi connectivity index (χ1v) is 14.3. The van der Waals surface area contributed by atoms with Gasteiger partial charge >= 0.3 is 0 Å². The smallest absolute Gasteiger partial charge is 0.207 e. The fraction of sp³-hybridized carbons (Fsp3) is 0.194. The fourth-order valence-electron chi connectivity index (χ4n) is 5.92. The Morgan fingerprint density at radius 2 is 1.46 bits per heavy atom. The number of hydrogen-bond donors (Lipinski definition) is 0. The number of fused-ring (bicyclic) bond motifs is 10. The molecule has 4 heterocycles. The maximum Gasteiger partial charge on any atom is 0.207 e. The third-order valence-corrected chi connectivity index (χ3v) is 9.68. The number of benzene rings is 3. The number of nitrogens with zero attached hydrogens (tertiary/aromatic N) is 4. The van der Waals surface area contributed by atoms with E-state index in [0.29, 0.717) is 16.9 Å². The van der Waals surface area contributed by atoms with E-state index in [9.17, 15) is 8.42 Å². The molecule has 0 unspecified atom stereocenters. The monoisotopic (exact) mass is 536 g/mol. The van der Waals surface area contributed by atoms with Crippen LogP contribution in [0.3, 0.4) is 0 Å². The van der Waals surface area contributed by atoms with Crippen molar-refractivity contribution in [1.82, 2.24) is 9.61 Å². The van der Waals surface area contributed by atoms with Crippen molar-refractivity contribution in [2.24, 2.45) is 0 Å². The van der Waals surface area contributed by atoms with Crippen LogP contribution >= 0.6 is 0 Å². The highest BCUT2D eigenvalue weighted by Crippen LogP contribution is 2.58. The van der Waals surface area contributed by atoms with Gasteiger partial charge in [-0.2, -0.15) is 5.10 Å². The van der Waals surface area contributed by atoms with Gasteiger partial charge < -0.3 is 14.5 Å². The van der Waals surface area contributed by atoms with Crippen LogP contribution in [0.1, 0.15) is 22.3 Å². The Morgan fingerprint density at radius 3 is 2.08 bits per heavy atom. The number of anilines is 2. The fourth-order valence-corrected chi connectivity index (χ4v) is 7.71. The average Bonchev–Trinajstić information content (AvgIpc) is 3.32. The van der Waals surface area contributed by atoms with Crippen LogP contribution in [0.15, 0.2) is 88.8 Å². The van der Waals surface area contributed by atoms with Crippen LogP contribution in [0.25, 0.3) is 16.8 Å². The van der Waals surface area contributed by atoms with Crippen LogP contribution in [-0.2, 0) is 15.4 Å². The van der Waals surface area contributed by atoms with Gasteiger partial charge in [0, 0.05) is 62.5 Å². The van der Waals surface area contributed by atoms with Gasteiger partial charge in [0.05, 0.1) is 20.9 Å². The molecule has 0 radical (unpaired) electrons. The Kier molecular flexibility index (Phi) is 4.80. The Morgan fingerprint density at radius 1 is 0.821 bits per heavy atom. The minimum absolute atomic E-state index is 0.244. The van der Waals surface area contributed by atoms with E-state index >= 15 is 0 Å². The lowest BCUT2D eigenvalue weighted by atomic mass is 9.76. The largest absolute Gasteiger partial charge is 0.472 e. The molecule has 0 atom stereocenters. The molecule has 5 aromatic rings. The number of aryl methyl sites for hydroxylation is 1. The molecule has 7 rings (SSSR count). The van der Waals surface area contributed by atoms with E-state index in [2.05, 4.69) is 6.07 Å². The van der Waals surface area contributed by atoms with E-state index < -0.39 is 15.4 Å². The predicted molar refractivity (Wildman–Crippen MR) is 153 cm³/mol. The molecule has 2 aliphatic heterocycles. The van der Waals surface area contributed by atoms with Gasteiger partial charge in [0.25, 0.3) is 0 Å². The minimum Gasteiger partial charge on any atom is -0.472 e. The van der Waals surface area contributed by atoms with Gasteiger partial charge in [0.1, 0.15) is 11.4 Å². The van der Waals surface area contributed by atoms with Crippen LogP contribution in [0.5, 0.6) is 5.75 Å². The van der Waals surface area contributed by atoms with Crippen molar-refractivity contribution < 1.29 is 13.2 Å². The lowest BCUT2D eigenvalue weighted by Crippen LogP contribution is -2.43. The minimum atomic E-state index is -3.87. The van der Waals surface area contributed by atoms with Crippen molar-refractivity contribution in [3.63, 3.8) is 0 Å². The SMILES string of the molecule is Cc1ccc2c(c1)-c1nn3ccccc3c1C1(O2)c2ccc(N(C)C)cc2S(=O)(=O)c2cc(N(C)C)ccc21. The van der Waals surface area contributed by atoms with Gasteiger partial charge in [-0.25, -0.2) is 12.9 Å². The molecule has 0 aliphatic carbocycles. The number of sulfone groups is 1. The Hall–Kier alpha value is -4.30. The number of rotatable bonds is 2. The summed E-state index contributed by atoms with van der Waals surface area (Å²) in [6, 6.07) is 23.2. The second-order valence-corrected chi connectivity index (χ2v) is 12.6. The predicted octanol–water partition coefficient (Wildman–Crippen LogP) is 5.27. The Balaban J connectivity index is 1.69. The third kappa shape index (κ3) is 3.09. The molecular weight excluding hydrogens is 508 g/mol. The maximum atomic E-state index is 14.4. The maximum absolute atomic E-state index is 14.4. The number of ether oxygens (including phenoxy) is 1. The summed E-state index contributed by atoms with van der Waals surface area (Å²) in [5, 5.41) is 5.03. The summed E-state index contributed by atoms with van der Waals surface area (Å²) >= 11 is 0. The van der Waals surface area contributed by atoms with Crippen molar-refractivity contribution in [3.8, 4) is 17.0 Å². The summed E-state index contributed by atoms with van der Waals surface area (Å²) < 4.78 is 37.7. The lowest BCUT2D eigenvalue weighted by Gasteiger charge is -2.43. The third-order valence-electron chi connectivity index (χ3n) is 7.85. The molecule has 7 nitrogen and oxygen atoms in total. The van der Waals surface area contributed by atoms with Crippen molar-refractivity contribution in [3.05, 3.63) is 101 Å². The van der Waals surface area contributed by atoms with E-state index in [1.165, 1.54) is 0 Å². The van der Waals surface area contributed by atoms with Crippen LogP contribution in [-0.4, -0.2) is 46.2 Å². The van der Waals surface area contributed by atoms with Gasteiger partial charge in [0.2, 0.25) is 9.84 Å². The summed E-state index contributed by atoms with van der Waals surface area (Å²) in [4.78, 5) is 4.31. The van der Waals surface area contributed by atoms with E-state index in [1.54, 1.807) is 12.1 Å². The second kappa shape index (κ2) is 7.86. The molecule has 0 N–H and O–H groups in total. The average molecular weight is 537 g/mol. The second-order valence-electron chi connectivity index (χ2n) is 10.7. The van der Waals surface area contributed by atoms with Crippen LogP contribution in [0.4, 0.5) is 11.4 Å². The number of pyridine rings is 1. The van der Waals surface area contributed by atoms with Gasteiger partial charge in [-0.05, 0) is 55.5 Å². The van der Waals surface area contributed by atoms with Crippen LogP contribution < -0.4 is 14.5 Å². The zero-order chi connectivity index (χ0) is 27.3. The molecule has 39 heavy (non-hydrogen) atoms. The topological polar surface area (TPSA) is 67.2 Å². The number of aromatic nitrogens is 2. The summed E-state index contributed by atoms with van der Waals surface area (Å²) in [6.07, 6.45) is 1.92. The molecule has 0 fully saturated rings. The van der Waals surface area contributed by atoms with Crippen molar-refractivity contribution in [2.45, 2.75) is 22.3 Å². The Labute approximate surface area is 227 Å². The molecule has 0 bridgehead atoms. The quantitative estimate of drug-likeness (QED) is 0.306. The zero-order valence-electron chi connectivity index (χ0n) is 22.4. The first-order chi connectivity index (χ1) is 18.6. The molecule has 3 aromatic carbocycles. The summed E-state index contributed by atoms with van der Waals surface area (Å²) in [5.41, 5.74) is 6.02. The molecule has 8 heteroatoms. The summed E-state index contributed by atoms with van der Waals surface area (Å²) in [6.45, 7) is 2.05. The molecule has 1 spiro atoms. The van der Waals surface area contributed by atoms with E-state index in [1.807, 2.05) is 110 Å². The van der Waals surface area contributed by atoms with Crippen LogP contribution in [0.2, 0.25) is 0 Å². The standard InChI is InChI=1S/C31H28N4O3S/c1-19-9-14-26-22(16-19)30-29(25-8-6-7-15-35(25)32-30)31(38-26)23-12-10-20(33(2)3)17-27(23)39(36,37)28-18-21(34(4)5)11-13-24(28)31/h6-18H,1-5H3. The summed E-state index contributed by atoms with van der Waals surface area (Å²) in [5.74, 6) is 0.668. The molecule has 0 saturated carbocycles. The van der Waals surface area contributed by atoms with Crippen molar-refractivity contribution in [2.75, 3.05) is 38.0 Å². The first kappa shape index (κ1) is 23.8. The van der Waals surface area contributed by atoms with E-state index in [-0.39, 0.29) is 9.79 Å². The van der Waals surface area contributed by atoms with Gasteiger partial charge in [-0.1, -0.05) is 29.8 Å². The Bertz CT molecular complexity index is 1870. The van der Waals surface area contributed by atoms with Crippen molar-refractivity contribution in [1.29, 1.82) is 0 Å². The zero-order valence-corrected chi connectivity index (χ0v) is 23.2. The van der Waals surface area contributed by atoms with Crippen LogP contribution in [0, 0.1) is 6.92 Å². The molecular formula is C31H28N4O3S. The lowest BCUT2D eigenvalue weighted by molar-refractivity contribution is 0.145. The highest BCUT2D eigenvalue weighted by Gasteiger charge is 2.55. The van der Waals surface area contributed by atoms with Gasteiger partial charge in [-0.3, -0.25) is 0 Å². The van der Waals surface area contributed by atoms with Crippen molar-refractivity contribution >= 4 is 26.7 Å². The molecule has 2 aliphatic rings. The first-order valence-electron chi connectivity index (χ1n) is 12.8. The molecule has 2 aromatic heterocycles. The van der Waals surface area contributed by atoms with E-state index in [0.717, 1.165) is 39.3 Å². The molecule has 0 amide bonds. The normalized spacial score (nSPS) is 15.6. The molecule has 0 saturated heterocycles. The number of hydrogen-bond acceptors (Lipinski definition) is 6.